The topological polar surface area (TPSA) is 0 Å². The summed E-state index contributed by atoms with van der Waals surface area (Å²) in [6, 6.07) is 49.0. The van der Waals surface area contributed by atoms with Crippen molar-refractivity contribution < 1.29 is 0 Å². The zero-order valence-corrected chi connectivity index (χ0v) is 23.7. The predicted molar refractivity (Wildman–Crippen MR) is 167 cm³/mol. The normalized spacial score (nSPS) is 13.4. The molecule has 0 saturated heterocycles. The zero-order valence-electron chi connectivity index (χ0n) is 20.0. The minimum absolute atomic E-state index is 0.432. The minimum Gasteiger partial charge on any atom is -0.0622 e. The second kappa shape index (κ2) is 8.97. The van der Waals surface area contributed by atoms with E-state index in [2.05, 4.69) is 172 Å². The van der Waals surface area contributed by atoms with Gasteiger partial charge in [0.2, 0.25) is 0 Å². The molecule has 6 aromatic rings. The monoisotopic (exact) mass is 648 g/mol. The first-order valence-corrected chi connectivity index (χ1v) is 14.3. The Morgan fingerprint density at radius 1 is 0.514 bits per heavy atom. The third kappa shape index (κ3) is 3.46. The summed E-state index contributed by atoms with van der Waals surface area (Å²) in [5.74, 6) is 0. The summed E-state index contributed by atoms with van der Waals surface area (Å²) >= 11 is 6.32. The number of halogens is 2. The van der Waals surface area contributed by atoms with Crippen LogP contribution in [0.4, 0.5) is 0 Å². The second-order valence-corrected chi connectivity index (χ2v) is 11.7. The van der Waals surface area contributed by atoms with Gasteiger partial charge >= 0.3 is 0 Å². The van der Waals surface area contributed by atoms with Crippen LogP contribution in [0.1, 0.15) is 22.3 Å². The molecule has 0 bridgehead atoms. The fourth-order valence-electron chi connectivity index (χ4n) is 6.12. The lowest BCUT2D eigenvalue weighted by Gasteiger charge is -2.34. The van der Waals surface area contributed by atoms with Gasteiger partial charge in [0.15, 0.2) is 0 Å². The van der Waals surface area contributed by atoms with Gasteiger partial charge in [0.25, 0.3) is 0 Å². The third-order valence-corrected chi connectivity index (χ3v) is 9.06. The van der Waals surface area contributed by atoms with Crippen molar-refractivity contribution >= 4 is 49.3 Å². The van der Waals surface area contributed by atoms with E-state index in [0.29, 0.717) is 0 Å². The Bertz CT molecular complexity index is 1730. The highest BCUT2D eigenvalue weighted by molar-refractivity contribution is 14.1. The van der Waals surface area contributed by atoms with Crippen LogP contribution >= 0.6 is 38.5 Å². The van der Waals surface area contributed by atoms with Gasteiger partial charge in [-0.1, -0.05) is 125 Å². The SMILES string of the molecule is Brc1cc2c(c3ccccc13)-c1ccc(-c3ccc(I)cc3)cc1C2(c1ccccc1)c1ccccc1. The van der Waals surface area contributed by atoms with Crippen molar-refractivity contribution in [1.29, 1.82) is 0 Å². The van der Waals surface area contributed by atoms with E-state index in [1.807, 2.05) is 0 Å². The lowest BCUT2D eigenvalue weighted by Crippen LogP contribution is -2.28. The number of rotatable bonds is 3. The molecule has 0 radical (unpaired) electrons. The molecule has 176 valence electrons. The van der Waals surface area contributed by atoms with Crippen molar-refractivity contribution in [1.82, 2.24) is 0 Å². The summed E-state index contributed by atoms with van der Waals surface area (Å²) in [5.41, 5.74) is 9.90. The van der Waals surface area contributed by atoms with Crippen molar-refractivity contribution in [2.45, 2.75) is 5.41 Å². The maximum absolute atomic E-state index is 3.95. The highest BCUT2D eigenvalue weighted by Crippen LogP contribution is 2.59. The highest BCUT2D eigenvalue weighted by Gasteiger charge is 2.47. The molecule has 1 aliphatic rings. The quantitative estimate of drug-likeness (QED) is 0.167. The van der Waals surface area contributed by atoms with Crippen molar-refractivity contribution in [2.75, 3.05) is 0 Å². The Labute approximate surface area is 239 Å². The highest BCUT2D eigenvalue weighted by atomic mass is 127. The van der Waals surface area contributed by atoms with Gasteiger partial charge < -0.3 is 0 Å². The van der Waals surface area contributed by atoms with Gasteiger partial charge in [-0.15, -0.1) is 0 Å². The molecule has 0 fully saturated rings. The Balaban J connectivity index is 1.66. The Kier molecular flexibility index (Phi) is 5.56. The van der Waals surface area contributed by atoms with Crippen LogP contribution in [-0.2, 0) is 5.41 Å². The van der Waals surface area contributed by atoms with E-state index < -0.39 is 5.41 Å². The Morgan fingerprint density at radius 2 is 1.08 bits per heavy atom. The molecule has 7 rings (SSSR count). The van der Waals surface area contributed by atoms with Gasteiger partial charge in [-0.3, -0.25) is 0 Å². The Morgan fingerprint density at radius 3 is 1.73 bits per heavy atom. The lowest BCUT2D eigenvalue weighted by molar-refractivity contribution is 0.769. The molecule has 0 N–H and O–H groups in total. The van der Waals surface area contributed by atoms with Crippen LogP contribution in [0, 0.1) is 3.57 Å². The largest absolute Gasteiger partial charge is 0.0714 e. The van der Waals surface area contributed by atoms with Crippen LogP contribution in [0.2, 0.25) is 0 Å². The molecule has 0 aliphatic heterocycles. The number of hydrogen-bond acceptors (Lipinski definition) is 0. The standard InChI is InChI=1S/C35H22BrI/c36-33-22-32-34(29-14-8-7-13-28(29)33)30-20-17-24(23-15-18-27(37)19-16-23)21-31(30)35(32,25-9-3-1-4-10-25)26-11-5-2-6-12-26/h1-22H. The molecule has 2 heteroatoms. The van der Waals surface area contributed by atoms with E-state index in [1.165, 1.54) is 58.9 Å². The molecule has 37 heavy (non-hydrogen) atoms. The first-order valence-electron chi connectivity index (χ1n) is 12.4. The third-order valence-electron chi connectivity index (χ3n) is 7.68. The van der Waals surface area contributed by atoms with Gasteiger partial charge in [-0.05, 0) is 102 Å². The van der Waals surface area contributed by atoms with Crippen LogP contribution in [0.25, 0.3) is 33.0 Å². The van der Waals surface area contributed by atoms with Gasteiger partial charge in [0, 0.05) is 8.04 Å². The summed E-state index contributed by atoms with van der Waals surface area (Å²) in [7, 11) is 0. The lowest BCUT2D eigenvalue weighted by atomic mass is 9.67. The van der Waals surface area contributed by atoms with E-state index in [4.69, 9.17) is 0 Å². The minimum atomic E-state index is -0.432. The van der Waals surface area contributed by atoms with Gasteiger partial charge in [-0.2, -0.15) is 0 Å². The molecule has 0 saturated carbocycles. The molecule has 0 heterocycles. The summed E-state index contributed by atoms with van der Waals surface area (Å²) in [5, 5.41) is 2.52. The molecule has 0 atom stereocenters. The summed E-state index contributed by atoms with van der Waals surface area (Å²) in [4.78, 5) is 0. The van der Waals surface area contributed by atoms with Gasteiger partial charge in [0.1, 0.15) is 0 Å². The van der Waals surface area contributed by atoms with Crippen LogP contribution in [0.3, 0.4) is 0 Å². The molecule has 0 amide bonds. The van der Waals surface area contributed by atoms with Crippen LogP contribution < -0.4 is 0 Å². The number of hydrogen-bond donors (Lipinski definition) is 0. The van der Waals surface area contributed by atoms with Crippen molar-refractivity contribution in [2.24, 2.45) is 0 Å². The van der Waals surface area contributed by atoms with Gasteiger partial charge in [-0.25, -0.2) is 0 Å². The molecule has 0 spiro atoms. The van der Waals surface area contributed by atoms with Crippen molar-refractivity contribution in [3.05, 3.63) is 164 Å². The van der Waals surface area contributed by atoms with E-state index >= 15 is 0 Å². The molecule has 0 aromatic heterocycles. The number of benzene rings is 6. The first kappa shape index (κ1) is 22.9. The van der Waals surface area contributed by atoms with Crippen LogP contribution in [0.15, 0.2) is 138 Å². The molecular formula is C35H22BrI. The molecule has 6 aromatic carbocycles. The van der Waals surface area contributed by atoms with Gasteiger partial charge in [0.05, 0.1) is 5.41 Å². The van der Waals surface area contributed by atoms with E-state index in [1.54, 1.807) is 0 Å². The number of fused-ring (bicyclic) bond motifs is 5. The average molecular weight is 649 g/mol. The van der Waals surface area contributed by atoms with Crippen molar-refractivity contribution in [3.63, 3.8) is 0 Å². The summed E-state index contributed by atoms with van der Waals surface area (Å²) in [6.45, 7) is 0. The second-order valence-electron chi connectivity index (χ2n) is 9.58. The van der Waals surface area contributed by atoms with Crippen molar-refractivity contribution in [3.8, 4) is 22.3 Å². The Hall–Kier alpha value is -3.21. The molecule has 0 unspecified atom stereocenters. The fourth-order valence-corrected chi connectivity index (χ4v) is 7.06. The van der Waals surface area contributed by atoms with E-state index in [-0.39, 0.29) is 0 Å². The average Bonchev–Trinajstić information content (AvgIpc) is 3.25. The molecular weight excluding hydrogens is 627 g/mol. The molecule has 0 nitrogen and oxygen atoms in total. The summed E-state index contributed by atoms with van der Waals surface area (Å²) in [6.07, 6.45) is 0. The maximum Gasteiger partial charge on any atom is 0.0714 e. The van der Waals surface area contributed by atoms with Crippen LogP contribution in [-0.4, -0.2) is 0 Å². The molecule has 1 aliphatic carbocycles. The predicted octanol–water partition coefficient (Wildman–Crippen LogP) is 10.2. The summed E-state index contributed by atoms with van der Waals surface area (Å²) < 4.78 is 2.37. The van der Waals surface area contributed by atoms with E-state index in [9.17, 15) is 0 Å². The fraction of sp³-hybridized carbons (Fsp3) is 0.0286. The zero-order chi connectivity index (χ0) is 25.0. The smallest absolute Gasteiger partial charge is 0.0622 e. The maximum atomic E-state index is 3.95. The van der Waals surface area contributed by atoms with E-state index in [0.717, 1.165) is 4.47 Å². The van der Waals surface area contributed by atoms with Crippen LogP contribution in [0.5, 0.6) is 0 Å². The first-order chi connectivity index (χ1) is 18.2.